The second-order valence-electron chi connectivity index (χ2n) is 6.52. The Kier molecular flexibility index (Phi) is 3.81. The number of pyridine rings is 1. The lowest BCUT2D eigenvalue weighted by Gasteiger charge is -2.37. The second kappa shape index (κ2) is 6.10. The molecule has 1 aliphatic carbocycles. The SMILES string of the molecule is O=C(CC1CCCC1)N1CC(c2nc(-c3ccccn3)no2)C1. The number of amides is 1. The first-order valence-corrected chi connectivity index (χ1v) is 8.32. The number of likely N-dealkylation sites (tertiary alicyclic amines) is 1. The van der Waals surface area contributed by atoms with Crippen molar-refractivity contribution in [2.75, 3.05) is 13.1 Å². The molecule has 23 heavy (non-hydrogen) atoms. The van der Waals surface area contributed by atoms with Crippen molar-refractivity contribution in [2.24, 2.45) is 5.92 Å². The molecule has 0 atom stereocenters. The molecular weight excluding hydrogens is 292 g/mol. The number of carbonyl (C=O) groups excluding carboxylic acids is 1. The average molecular weight is 312 g/mol. The minimum Gasteiger partial charge on any atom is -0.341 e. The van der Waals surface area contributed by atoms with Crippen LogP contribution in [0.5, 0.6) is 0 Å². The number of aromatic nitrogens is 3. The Labute approximate surface area is 134 Å². The minimum absolute atomic E-state index is 0.160. The second-order valence-corrected chi connectivity index (χ2v) is 6.52. The van der Waals surface area contributed by atoms with Crippen LogP contribution < -0.4 is 0 Å². The van der Waals surface area contributed by atoms with Crippen molar-refractivity contribution >= 4 is 5.91 Å². The van der Waals surface area contributed by atoms with Crippen molar-refractivity contribution in [3.05, 3.63) is 30.3 Å². The van der Waals surface area contributed by atoms with E-state index in [0.29, 0.717) is 42.8 Å². The van der Waals surface area contributed by atoms with Crippen molar-refractivity contribution in [2.45, 2.75) is 38.0 Å². The highest BCUT2D eigenvalue weighted by Gasteiger charge is 2.36. The van der Waals surface area contributed by atoms with Gasteiger partial charge in [-0.15, -0.1) is 0 Å². The molecule has 0 spiro atoms. The van der Waals surface area contributed by atoms with Gasteiger partial charge in [-0.2, -0.15) is 4.98 Å². The maximum absolute atomic E-state index is 12.2. The lowest BCUT2D eigenvalue weighted by molar-refractivity contribution is -0.137. The average Bonchev–Trinajstić information content (AvgIpc) is 3.18. The molecule has 0 unspecified atom stereocenters. The molecule has 0 bridgehead atoms. The summed E-state index contributed by atoms with van der Waals surface area (Å²) in [6.45, 7) is 1.38. The third-order valence-corrected chi connectivity index (χ3v) is 4.86. The molecule has 6 heteroatoms. The van der Waals surface area contributed by atoms with E-state index in [0.717, 1.165) is 0 Å². The third kappa shape index (κ3) is 2.98. The van der Waals surface area contributed by atoms with Gasteiger partial charge in [0.1, 0.15) is 5.69 Å². The van der Waals surface area contributed by atoms with Gasteiger partial charge in [0.15, 0.2) is 0 Å². The molecule has 3 heterocycles. The molecular formula is C17H20N4O2. The molecule has 1 aliphatic heterocycles. The molecule has 0 aromatic carbocycles. The van der Waals surface area contributed by atoms with Gasteiger partial charge in [0, 0.05) is 25.7 Å². The van der Waals surface area contributed by atoms with Gasteiger partial charge in [-0.05, 0) is 30.9 Å². The Bertz CT molecular complexity index is 673. The van der Waals surface area contributed by atoms with Gasteiger partial charge in [-0.3, -0.25) is 9.78 Å². The van der Waals surface area contributed by atoms with E-state index >= 15 is 0 Å². The highest BCUT2D eigenvalue weighted by atomic mass is 16.5. The Balaban J connectivity index is 1.33. The lowest BCUT2D eigenvalue weighted by atomic mass is 9.97. The molecule has 2 aromatic rings. The summed E-state index contributed by atoms with van der Waals surface area (Å²) < 4.78 is 5.35. The van der Waals surface area contributed by atoms with Gasteiger partial charge in [0.25, 0.3) is 0 Å². The summed E-state index contributed by atoms with van der Waals surface area (Å²) >= 11 is 0. The summed E-state index contributed by atoms with van der Waals surface area (Å²) in [6.07, 6.45) is 7.38. The van der Waals surface area contributed by atoms with Crippen molar-refractivity contribution in [3.63, 3.8) is 0 Å². The van der Waals surface area contributed by atoms with E-state index in [1.54, 1.807) is 6.20 Å². The van der Waals surface area contributed by atoms with Crippen LogP contribution in [-0.2, 0) is 4.79 Å². The molecule has 6 nitrogen and oxygen atoms in total. The fraction of sp³-hybridized carbons (Fsp3) is 0.529. The maximum atomic E-state index is 12.2. The summed E-state index contributed by atoms with van der Waals surface area (Å²) in [6, 6.07) is 5.60. The standard InChI is InChI=1S/C17H20N4O2/c22-15(9-12-5-1-2-6-12)21-10-13(11-21)17-19-16(20-23-17)14-7-3-4-8-18-14/h3-4,7-8,12-13H,1-2,5-6,9-11H2. The molecule has 2 fully saturated rings. The van der Waals surface area contributed by atoms with Gasteiger partial charge in [-0.1, -0.05) is 24.1 Å². The van der Waals surface area contributed by atoms with E-state index in [1.807, 2.05) is 23.1 Å². The molecule has 2 aromatic heterocycles. The number of carbonyl (C=O) groups is 1. The van der Waals surface area contributed by atoms with E-state index in [1.165, 1.54) is 25.7 Å². The smallest absolute Gasteiger partial charge is 0.233 e. The predicted molar refractivity (Wildman–Crippen MR) is 83.4 cm³/mol. The molecule has 120 valence electrons. The summed E-state index contributed by atoms with van der Waals surface area (Å²) in [5, 5.41) is 3.99. The normalized spacial score (nSPS) is 19.0. The van der Waals surface area contributed by atoms with E-state index in [-0.39, 0.29) is 11.8 Å². The van der Waals surface area contributed by atoms with Crippen LogP contribution >= 0.6 is 0 Å². The maximum Gasteiger partial charge on any atom is 0.233 e. The number of hydrogen-bond acceptors (Lipinski definition) is 5. The Morgan fingerprint density at radius 1 is 1.26 bits per heavy atom. The molecule has 1 amide bonds. The third-order valence-electron chi connectivity index (χ3n) is 4.86. The molecule has 1 saturated heterocycles. The van der Waals surface area contributed by atoms with Gasteiger partial charge >= 0.3 is 0 Å². The van der Waals surface area contributed by atoms with Crippen LogP contribution in [0.2, 0.25) is 0 Å². The highest BCUT2D eigenvalue weighted by Crippen LogP contribution is 2.31. The zero-order chi connectivity index (χ0) is 15.6. The quantitative estimate of drug-likeness (QED) is 0.868. The Hall–Kier alpha value is -2.24. The van der Waals surface area contributed by atoms with Crippen molar-refractivity contribution in [3.8, 4) is 11.5 Å². The molecule has 2 aliphatic rings. The van der Waals surface area contributed by atoms with E-state index in [2.05, 4.69) is 15.1 Å². The first kappa shape index (κ1) is 14.4. The number of rotatable bonds is 4. The largest absolute Gasteiger partial charge is 0.341 e. The highest BCUT2D eigenvalue weighted by molar-refractivity contribution is 5.77. The fourth-order valence-corrected chi connectivity index (χ4v) is 3.43. The zero-order valence-corrected chi connectivity index (χ0v) is 13.0. The van der Waals surface area contributed by atoms with E-state index in [9.17, 15) is 4.79 Å². The van der Waals surface area contributed by atoms with Gasteiger partial charge in [0.05, 0.1) is 5.92 Å². The van der Waals surface area contributed by atoms with Gasteiger partial charge in [0.2, 0.25) is 17.6 Å². The minimum atomic E-state index is 0.160. The van der Waals surface area contributed by atoms with Crippen LogP contribution in [0.4, 0.5) is 0 Å². The topological polar surface area (TPSA) is 72.1 Å². The first-order chi connectivity index (χ1) is 11.3. The first-order valence-electron chi connectivity index (χ1n) is 8.32. The van der Waals surface area contributed by atoms with Gasteiger partial charge < -0.3 is 9.42 Å². The molecule has 4 rings (SSSR count). The summed E-state index contributed by atoms with van der Waals surface area (Å²) in [5.41, 5.74) is 0.705. The number of hydrogen-bond donors (Lipinski definition) is 0. The van der Waals surface area contributed by atoms with Gasteiger partial charge in [-0.25, -0.2) is 0 Å². The zero-order valence-electron chi connectivity index (χ0n) is 13.0. The van der Waals surface area contributed by atoms with Crippen LogP contribution in [0.1, 0.15) is 43.9 Å². The van der Waals surface area contributed by atoms with E-state index < -0.39 is 0 Å². The van der Waals surface area contributed by atoms with Crippen LogP contribution in [0.15, 0.2) is 28.9 Å². The summed E-state index contributed by atoms with van der Waals surface area (Å²) in [5.74, 6) is 2.15. The summed E-state index contributed by atoms with van der Waals surface area (Å²) in [7, 11) is 0. The van der Waals surface area contributed by atoms with E-state index in [4.69, 9.17) is 4.52 Å². The van der Waals surface area contributed by atoms with Crippen LogP contribution in [-0.4, -0.2) is 39.0 Å². The number of nitrogens with zero attached hydrogens (tertiary/aromatic N) is 4. The van der Waals surface area contributed by atoms with Crippen molar-refractivity contribution in [1.29, 1.82) is 0 Å². The molecule has 0 radical (unpaired) electrons. The Morgan fingerprint density at radius 2 is 2.09 bits per heavy atom. The molecule has 0 N–H and O–H groups in total. The Morgan fingerprint density at radius 3 is 2.83 bits per heavy atom. The lowest BCUT2D eigenvalue weighted by Crippen LogP contribution is -2.48. The molecule has 1 saturated carbocycles. The summed E-state index contributed by atoms with van der Waals surface area (Å²) in [4.78, 5) is 22.8. The van der Waals surface area contributed by atoms with Crippen LogP contribution in [0.3, 0.4) is 0 Å². The fourth-order valence-electron chi connectivity index (χ4n) is 3.43. The van der Waals surface area contributed by atoms with Crippen LogP contribution in [0.25, 0.3) is 11.5 Å². The van der Waals surface area contributed by atoms with Crippen LogP contribution in [0, 0.1) is 5.92 Å². The predicted octanol–water partition coefficient (Wildman–Crippen LogP) is 2.64. The monoisotopic (exact) mass is 312 g/mol. The van der Waals surface area contributed by atoms with Crippen molar-refractivity contribution in [1.82, 2.24) is 20.0 Å². The van der Waals surface area contributed by atoms with Crippen molar-refractivity contribution < 1.29 is 9.32 Å².